The van der Waals surface area contributed by atoms with Gasteiger partial charge in [0.25, 0.3) is 0 Å². The number of rotatable bonds is 3. The number of anilines is 1. The van der Waals surface area contributed by atoms with E-state index in [1.54, 1.807) is 0 Å². The molecule has 3 fully saturated rings. The van der Waals surface area contributed by atoms with Gasteiger partial charge in [-0.2, -0.15) is 13.2 Å². The van der Waals surface area contributed by atoms with Crippen LogP contribution in [-0.4, -0.2) is 42.9 Å². The third kappa shape index (κ3) is 3.11. The van der Waals surface area contributed by atoms with Gasteiger partial charge in [-0.25, -0.2) is 4.98 Å². The van der Waals surface area contributed by atoms with Crippen LogP contribution in [0.3, 0.4) is 0 Å². The van der Waals surface area contributed by atoms with Crippen molar-refractivity contribution in [3.8, 4) is 0 Å². The Morgan fingerprint density at radius 2 is 1.96 bits per heavy atom. The van der Waals surface area contributed by atoms with E-state index in [2.05, 4.69) is 15.2 Å². The second-order valence-corrected chi connectivity index (χ2v) is 7.03. The molecule has 0 bridgehead atoms. The van der Waals surface area contributed by atoms with Crippen molar-refractivity contribution in [1.29, 1.82) is 0 Å². The molecule has 0 aromatic carbocycles. The molecule has 0 amide bonds. The standard InChI is InChI=1S/C17H22F3N3O/c18-17(19,20)11-1-2-16(21-10-11)23-6-3-12(4-7-23)22-14-9-15-13(14)5-8-24-15/h1-2,10,12-15,22H,3-9H2/t13-,14+,15+/m1/s1. The first-order valence-corrected chi connectivity index (χ1v) is 8.66. The van der Waals surface area contributed by atoms with Gasteiger partial charge >= 0.3 is 6.18 Å². The summed E-state index contributed by atoms with van der Waals surface area (Å²) in [5.74, 6) is 1.31. The van der Waals surface area contributed by atoms with E-state index in [0.717, 1.165) is 57.6 Å². The van der Waals surface area contributed by atoms with Crippen LogP contribution in [0.25, 0.3) is 0 Å². The Balaban J connectivity index is 1.28. The molecular formula is C17H22F3N3O. The lowest BCUT2D eigenvalue weighted by molar-refractivity contribution is -0.137. The number of fused-ring (bicyclic) bond motifs is 1. The summed E-state index contributed by atoms with van der Waals surface area (Å²) in [6, 6.07) is 3.66. The van der Waals surface area contributed by atoms with Crippen molar-refractivity contribution in [3.05, 3.63) is 23.9 Å². The first-order valence-electron chi connectivity index (χ1n) is 8.66. The number of hydrogen-bond donors (Lipinski definition) is 1. The van der Waals surface area contributed by atoms with Gasteiger partial charge in [-0.3, -0.25) is 0 Å². The number of pyridine rings is 1. The van der Waals surface area contributed by atoms with Crippen molar-refractivity contribution in [2.24, 2.45) is 5.92 Å². The molecule has 3 aliphatic rings. The lowest BCUT2D eigenvalue weighted by Gasteiger charge is -2.43. The topological polar surface area (TPSA) is 37.4 Å². The van der Waals surface area contributed by atoms with Gasteiger partial charge in [0.05, 0.1) is 11.7 Å². The number of ether oxygens (including phenoxy) is 1. The van der Waals surface area contributed by atoms with Gasteiger partial charge in [-0.15, -0.1) is 0 Å². The number of alkyl halides is 3. The molecule has 4 rings (SSSR count). The molecule has 2 saturated heterocycles. The van der Waals surface area contributed by atoms with Gasteiger partial charge in [0, 0.05) is 43.9 Å². The third-order valence-corrected chi connectivity index (χ3v) is 5.61. The maximum atomic E-state index is 12.6. The summed E-state index contributed by atoms with van der Waals surface area (Å²) in [4.78, 5) is 6.06. The molecule has 1 aromatic rings. The van der Waals surface area contributed by atoms with Crippen LogP contribution in [0.15, 0.2) is 18.3 Å². The Bertz CT molecular complexity index is 569. The molecule has 1 aromatic heterocycles. The van der Waals surface area contributed by atoms with Crippen LogP contribution in [-0.2, 0) is 10.9 Å². The number of aromatic nitrogens is 1. The minimum Gasteiger partial charge on any atom is -0.378 e. The highest BCUT2D eigenvalue weighted by Crippen LogP contribution is 2.39. The molecule has 0 unspecified atom stereocenters. The Morgan fingerprint density at radius 3 is 2.58 bits per heavy atom. The normalized spacial score (nSPS) is 31.0. The molecule has 3 heterocycles. The summed E-state index contributed by atoms with van der Waals surface area (Å²) in [6.07, 6.45) is 1.34. The molecule has 0 spiro atoms. The zero-order chi connectivity index (χ0) is 16.7. The number of hydrogen-bond acceptors (Lipinski definition) is 4. The molecule has 24 heavy (non-hydrogen) atoms. The highest BCUT2D eigenvalue weighted by atomic mass is 19.4. The molecule has 132 valence electrons. The van der Waals surface area contributed by atoms with E-state index in [-0.39, 0.29) is 0 Å². The van der Waals surface area contributed by atoms with E-state index in [1.165, 1.54) is 6.07 Å². The molecule has 1 N–H and O–H groups in total. The van der Waals surface area contributed by atoms with E-state index in [9.17, 15) is 13.2 Å². The van der Waals surface area contributed by atoms with Crippen LogP contribution in [0.4, 0.5) is 19.0 Å². The van der Waals surface area contributed by atoms with Crippen LogP contribution >= 0.6 is 0 Å². The van der Waals surface area contributed by atoms with Crippen molar-refractivity contribution in [2.45, 2.75) is 50.0 Å². The smallest absolute Gasteiger partial charge is 0.378 e. The second-order valence-electron chi connectivity index (χ2n) is 7.03. The van der Waals surface area contributed by atoms with Gasteiger partial charge in [-0.1, -0.05) is 0 Å². The molecule has 1 saturated carbocycles. The molecule has 0 radical (unpaired) electrons. The Labute approximate surface area is 139 Å². The summed E-state index contributed by atoms with van der Waals surface area (Å²) in [7, 11) is 0. The van der Waals surface area contributed by atoms with Gasteiger partial charge in [0.1, 0.15) is 5.82 Å². The fraction of sp³-hybridized carbons (Fsp3) is 0.706. The fourth-order valence-electron chi connectivity index (χ4n) is 4.11. The monoisotopic (exact) mass is 341 g/mol. The highest BCUT2D eigenvalue weighted by molar-refractivity contribution is 5.40. The first-order chi connectivity index (χ1) is 11.5. The average Bonchev–Trinajstić information content (AvgIpc) is 2.94. The lowest BCUT2D eigenvalue weighted by atomic mass is 9.75. The van der Waals surface area contributed by atoms with Crippen molar-refractivity contribution >= 4 is 5.82 Å². The summed E-state index contributed by atoms with van der Waals surface area (Å²) in [6.45, 7) is 2.55. The van der Waals surface area contributed by atoms with Crippen molar-refractivity contribution < 1.29 is 17.9 Å². The minimum atomic E-state index is -4.33. The molecule has 7 heteroatoms. The van der Waals surface area contributed by atoms with Crippen LogP contribution in [0.1, 0.15) is 31.2 Å². The number of halogens is 3. The number of nitrogens with zero attached hydrogens (tertiary/aromatic N) is 2. The lowest BCUT2D eigenvalue weighted by Crippen LogP contribution is -2.56. The van der Waals surface area contributed by atoms with Crippen LogP contribution < -0.4 is 10.2 Å². The Morgan fingerprint density at radius 1 is 1.17 bits per heavy atom. The van der Waals surface area contributed by atoms with Crippen molar-refractivity contribution in [1.82, 2.24) is 10.3 Å². The predicted octanol–water partition coefficient (Wildman–Crippen LogP) is 2.84. The average molecular weight is 341 g/mol. The number of piperidine rings is 1. The Kier molecular flexibility index (Phi) is 4.16. The van der Waals surface area contributed by atoms with E-state index >= 15 is 0 Å². The molecule has 3 atom stereocenters. The molecular weight excluding hydrogens is 319 g/mol. The molecule has 2 aliphatic heterocycles. The molecule has 4 nitrogen and oxygen atoms in total. The maximum Gasteiger partial charge on any atom is 0.417 e. The summed E-state index contributed by atoms with van der Waals surface area (Å²) >= 11 is 0. The quantitative estimate of drug-likeness (QED) is 0.917. The van der Waals surface area contributed by atoms with E-state index in [0.29, 0.717) is 29.9 Å². The first kappa shape index (κ1) is 16.1. The highest BCUT2D eigenvalue weighted by Gasteiger charge is 2.45. The fourth-order valence-corrected chi connectivity index (χ4v) is 4.11. The SMILES string of the molecule is FC(F)(F)c1ccc(N2CCC(N[C@H]3C[C@@H]4OCC[C@H]34)CC2)nc1. The van der Waals surface area contributed by atoms with Gasteiger partial charge < -0.3 is 15.0 Å². The summed E-state index contributed by atoms with van der Waals surface area (Å²) < 4.78 is 43.4. The summed E-state index contributed by atoms with van der Waals surface area (Å²) in [5, 5.41) is 3.75. The zero-order valence-corrected chi connectivity index (χ0v) is 13.4. The second kappa shape index (κ2) is 6.19. The van der Waals surface area contributed by atoms with Gasteiger partial charge in [0.15, 0.2) is 0 Å². The van der Waals surface area contributed by atoms with Gasteiger partial charge in [-0.05, 0) is 37.8 Å². The van der Waals surface area contributed by atoms with Crippen LogP contribution in [0, 0.1) is 5.92 Å². The third-order valence-electron chi connectivity index (χ3n) is 5.61. The van der Waals surface area contributed by atoms with Crippen molar-refractivity contribution in [3.63, 3.8) is 0 Å². The maximum absolute atomic E-state index is 12.6. The van der Waals surface area contributed by atoms with Gasteiger partial charge in [0.2, 0.25) is 0 Å². The number of nitrogens with one attached hydrogen (secondary N) is 1. The Hall–Kier alpha value is -1.34. The summed E-state index contributed by atoms with van der Waals surface area (Å²) in [5.41, 5.74) is -0.693. The predicted molar refractivity (Wildman–Crippen MR) is 83.9 cm³/mol. The largest absolute Gasteiger partial charge is 0.417 e. The van der Waals surface area contributed by atoms with Crippen LogP contribution in [0.5, 0.6) is 0 Å². The zero-order valence-electron chi connectivity index (χ0n) is 13.4. The van der Waals surface area contributed by atoms with E-state index in [1.807, 2.05) is 0 Å². The minimum absolute atomic E-state index is 0.471. The molecule has 1 aliphatic carbocycles. The van der Waals surface area contributed by atoms with E-state index in [4.69, 9.17) is 4.74 Å². The van der Waals surface area contributed by atoms with Crippen molar-refractivity contribution in [2.75, 3.05) is 24.6 Å². The van der Waals surface area contributed by atoms with Crippen LogP contribution in [0.2, 0.25) is 0 Å². The van der Waals surface area contributed by atoms with E-state index < -0.39 is 11.7 Å².